The Balaban J connectivity index is 1.69. The first-order valence-corrected chi connectivity index (χ1v) is 6.72. The summed E-state index contributed by atoms with van der Waals surface area (Å²) in [5, 5.41) is 2.60. The van der Waals surface area contributed by atoms with Crippen molar-refractivity contribution in [3.8, 4) is 0 Å². The number of amides is 1. The van der Waals surface area contributed by atoms with Crippen molar-refractivity contribution in [2.45, 2.75) is 18.9 Å². The molecule has 1 atom stereocenters. The van der Waals surface area contributed by atoms with E-state index in [0.717, 1.165) is 38.7 Å². The Labute approximate surface area is 115 Å². The van der Waals surface area contributed by atoms with Crippen LogP contribution in [0.3, 0.4) is 0 Å². The zero-order chi connectivity index (χ0) is 13.4. The minimum absolute atomic E-state index is 0.0807. The molecule has 19 heavy (non-hydrogen) atoms. The van der Waals surface area contributed by atoms with Crippen molar-refractivity contribution in [3.05, 3.63) is 23.0 Å². The summed E-state index contributed by atoms with van der Waals surface area (Å²) in [5.41, 5.74) is 0. The van der Waals surface area contributed by atoms with Gasteiger partial charge in [0.15, 0.2) is 11.0 Å². The summed E-state index contributed by atoms with van der Waals surface area (Å²) >= 11 is 5.55. The van der Waals surface area contributed by atoms with Crippen LogP contribution in [0.2, 0.25) is 5.15 Å². The molecule has 4 rings (SSSR count). The number of piperidine rings is 3. The minimum atomic E-state index is -0.721. The Morgan fingerprint density at radius 2 is 2.21 bits per heavy atom. The molecule has 1 amide bonds. The molecule has 5 nitrogen and oxygen atoms in total. The van der Waals surface area contributed by atoms with Gasteiger partial charge in [-0.15, -0.1) is 0 Å². The van der Waals surface area contributed by atoms with Crippen LogP contribution >= 0.6 is 11.6 Å². The molecule has 0 radical (unpaired) electrons. The lowest BCUT2D eigenvalue weighted by atomic mass is 9.84. The third-order valence-electron chi connectivity index (χ3n) is 3.88. The molecule has 4 heterocycles. The number of fused-ring (bicyclic) bond motifs is 3. The number of nitrogens with one attached hydrogen (secondary N) is 1. The standard InChI is InChI=1S/C12H14ClFN4O/c13-10-8(14)5-15-11(17-10)12(19)16-9-6-18-3-1-7(9)2-4-18/h5,7,9H,1-4,6H2,(H,16,19). The van der Waals surface area contributed by atoms with Crippen molar-refractivity contribution >= 4 is 17.5 Å². The van der Waals surface area contributed by atoms with Crippen molar-refractivity contribution < 1.29 is 9.18 Å². The van der Waals surface area contributed by atoms with Crippen LogP contribution in [0.25, 0.3) is 0 Å². The Hall–Kier alpha value is -1.27. The maximum atomic E-state index is 12.9. The highest BCUT2D eigenvalue weighted by atomic mass is 35.5. The fourth-order valence-corrected chi connectivity index (χ4v) is 2.95. The molecule has 1 unspecified atom stereocenters. The second-order valence-electron chi connectivity index (χ2n) is 5.05. The van der Waals surface area contributed by atoms with Crippen LogP contribution in [0.15, 0.2) is 6.20 Å². The molecule has 3 saturated heterocycles. The van der Waals surface area contributed by atoms with Gasteiger partial charge in [-0.1, -0.05) is 11.6 Å². The van der Waals surface area contributed by atoms with E-state index in [9.17, 15) is 9.18 Å². The van der Waals surface area contributed by atoms with Crippen LogP contribution in [-0.2, 0) is 0 Å². The van der Waals surface area contributed by atoms with E-state index in [-0.39, 0.29) is 22.9 Å². The fourth-order valence-electron chi connectivity index (χ4n) is 2.82. The molecule has 7 heteroatoms. The second-order valence-corrected chi connectivity index (χ2v) is 5.41. The Morgan fingerprint density at radius 3 is 2.79 bits per heavy atom. The lowest BCUT2D eigenvalue weighted by molar-refractivity contribution is 0.0614. The van der Waals surface area contributed by atoms with Crippen LogP contribution in [0, 0.1) is 11.7 Å². The largest absolute Gasteiger partial charge is 0.345 e. The number of carbonyl (C=O) groups excluding carboxylic acids is 1. The van der Waals surface area contributed by atoms with E-state index in [1.165, 1.54) is 0 Å². The molecule has 3 aliphatic heterocycles. The lowest BCUT2D eigenvalue weighted by Gasteiger charge is -2.44. The molecule has 3 fully saturated rings. The number of rotatable bonds is 2. The highest BCUT2D eigenvalue weighted by Crippen LogP contribution is 2.27. The molecule has 1 aromatic rings. The van der Waals surface area contributed by atoms with Gasteiger partial charge in [0.2, 0.25) is 5.82 Å². The van der Waals surface area contributed by atoms with Gasteiger partial charge in [0, 0.05) is 12.6 Å². The van der Waals surface area contributed by atoms with Gasteiger partial charge in [0.25, 0.3) is 5.91 Å². The van der Waals surface area contributed by atoms with E-state index in [1.54, 1.807) is 0 Å². The number of halogens is 2. The van der Waals surface area contributed by atoms with Crippen molar-refractivity contribution in [2.24, 2.45) is 5.92 Å². The Kier molecular flexibility index (Phi) is 3.36. The number of hydrogen-bond donors (Lipinski definition) is 1. The Bertz CT molecular complexity index is 505. The van der Waals surface area contributed by atoms with Gasteiger partial charge >= 0.3 is 0 Å². The summed E-state index contributed by atoms with van der Waals surface area (Å²) in [6, 6.07) is 0.127. The summed E-state index contributed by atoms with van der Waals surface area (Å²) in [4.78, 5) is 21.7. The van der Waals surface area contributed by atoms with Gasteiger partial charge in [-0.3, -0.25) is 4.79 Å². The van der Waals surface area contributed by atoms with Gasteiger partial charge in [0.1, 0.15) is 0 Å². The number of aromatic nitrogens is 2. The first-order chi connectivity index (χ1) is 9.13. The zero-order valence-electron chi connectivity index (χ0n) is 10.3. The first kappa shape index (κ1) is 12.7. The summed E-state index contributed by atoms with van der Waals surface area (Å²) in [7, 11) is 0. The molecule has 3 aliphatic rings. The highest BCUT2D eigenvalue weighted by molar-refractivity contribution is 6.29. The predicted molar refractivity (Wildman–Crippen MR) is 67.4 cm³/mol. The minimum Gasteiger partial charge on any atom is -0.345 e. The SMILES string of the molecule is O=C(NC1CN2CCC1CC2)c1ncc(F)c(Cl)n1. The van der Waals surface area contributed by atoms with Crippen molar-refractivity contribution in [1.82, 2.24) is 20.2 Å². The summed E-state index contributed by atoms with van der Waals surface area (Å²) < 4.78 is 12.9. The average Bonchev–Trinajstić information content (AvgIpc) is 2.43. The molecular weight excluding hydrogens is 271 g/mol. The van der Waals surface area contributed by atoms with Crippen LogP contribution < -0.4 is 5.32 Å². The van der Waals surface area contributed by atoms with E-state index < -0.39 is 5.82 Å². The van der Waals surface area contributed by atoms with Crippen molar-refractivity contribution in [1.29, 1.82) is 0 Å². The smallest absolute Gasteiger partial charge is 0.289 e. The topological polar surface area (TPSA) is 58.1 Å². The van der Waals surface area contributed by atoms with Gasteiger partial charge in [-0.25, -0.2) is 14.4 Å². The molecule has 1 N–H and O–H groups in total. The van der Waals surface area contributed by atoms with Gasteiger partial charge < -0.3 is 10.2 Å². The predicted octanol–water partition coefficient (Wildman–Crippen LogP) is 1.09. The number of hydrogen-bond acceptors (Lipinski definition) is 4. The normalized spacial score (nSPS) is 29.3. The van der Waals surface area contributed by atoms with Crippen LogP contribution in [0.4, 0.5) is 4.39 Å². The van der Waals surface area contributed by atoms with Gasteiger partial charge in [-0.05, 0) is 31.8 Å². The second kappa shape index (κ2) is 5.02. The summed E-state index contributed by atoms with van der Waals surface area (Å²) in [5.74, 6) is -0.672. The quantitative estimate of drug-likeness (QED) is 0.826. The monoisotopic (exact) mass is 284 g/mol. The fraction of sp³-hybridized carbons (Fsp3) is 0.583. The van der Waals surface area contributed by atoms with E-state index >= 15 is 0 Å². The molecular formula is C12H14ClFN4O. The summed E-state index contributed by atoms with van der Waals surface area (Å²) in [6.45, 7) is 3.08. The lowest BCUT2D eigenvalue weighted by Crippen LogP contribution is -2.57. The maximum Gasteiger partial charge on any atom is 0.289 e. The number of carbonyl (C=O) groups is 1. The van der Waals surface area contributed by atoms with Crippen LogP contribution in [0.5, 0.6) is 0 Å². The molecule has 1 aromatic heterocycles. The molecule has 0 spiro atoms. The first-order valence-electron chi connectivity index (χ1n) is 6.35. The highest BCUT2D eigenvalue weighted by Gasteiger charge is 2.35. The molecule has 0 aromatic carbocycles. The third-order valence-corrected chi connectivity index (χ3v) is 4.14. The molecule has 2 bridgehead atoms. The third kappa shape index (κ3) is 2.55. The molecule has 0 aliphatic carbocycles. The number of nitrogens with zero attached hydrogens (tertiary/aromatic N) is 3. The van der Waals surface area contributed by atoms with E-state index in [2.05, 4.69) is 20.2 Å². The Morgan fingerprint density at radius 1 is 1.47 bits per heavy atom. The van der Waals surface area contributed by atoms with Crippen LogP contribution in [-0.4, -0.2) is 46.5 Å². The van der Waals surface area contributed by atoms with Crippen LogP contribution in [0.1, 0.15) is 23.5 Å². The van der Waals surface area contributed by atoms with Crippen molar-refractivity contribution in [2.75, 3.05) is 19.6 Å². The van der Waals surface area contributed by atoms with E-state index in [4.69, 9.17) is 11.6 Å². The van der Waals surface area contributed by atoms with Crippen molar-refractivity contribution in [3.63, 3.8) is 0 Å². The van der Waals surface area contributed by atoms with E-state index in [0.29, 0.717) is 5.92 Å². The van der Waals surface area contributed by atoms with Gasteiger partial charge in [0.05, 0.1) is 6.20 Å². The zero-order valence-corrected chi connectivity index (χ0v) is 11.0. The van der Waals surface area contributed by atoms with E-state index in [1.807, 2.05) is 0 Å². The average molecular weight is 285 g/mol. The summed E-state index contributed by atoms with van der Waals surface area (Å²) in [6.07, 6.45) is 3.13. The maximum absolute atomic E-state index is 12.9. The van der Waals surface area contributed by atoms with Gasteiger partial charge in [-0.2, -0.15) is 0 Å². The molecule has 102 valence electrons. The molecule has 0 saturated carbocycles.